The molecule has 0 unspecified atom stereocenters. The van der Waals surface area contributed by atoms with Crippen LogP contribution in [0, 0.1) is 0 Å². The van der Waals surface area contributed by atoms with E-state index in [0.717, 1.165) is 30.1 Å². The summed E-state index contributed by atoms with van der Waals surface area (Å²) in [5.41, 5.74) is 3.58. The number of aryl methyl sites for hydroxylation is 1. The Labute approximate surface area is 137 Å². The molecule has 0 aliphatic heterocycles. The van der Waals surface area contributed by atoms with Crippen molar-refractivity contribution in [3.05, 3.63) is 35.5 Å². The minimum atomic E-state index is 0.695. The lowest BCUT2D eigenvalue weighted by Gasteiger charge is -2.23. The molecule has 0 atom stereocenters. The number of rotatable bonds is 4. The lowest BCUT2D eigenvalue weighted by atomic mass is 10.1. The molecular formula is C18H24N4O. The molecule has 1 aliphatic rings. The standard InChI is InChI=1S/C18H24N4O/c1-19-18-20-16-8-6-4-5-7-15(16)17(21-18)22(2)13-9-11-14(23-3)12-10-13/h9-12H,4-8H2,1-3H3,(H,19,20,21). The fourth-order valence-corrected chi connectivity index (χ4v) is 3.07. The topological polar surface area (TPSA) is 50.3 Å². The predicted octanol–water partition coefficient (Wildman–Crippen LogP) is 3.56. The van der Waals surface area contributed by atoms with Gasteiger partial charge in [-0.2, -0.15) is 4.98 Å². The number of benzene rings is 1. The van der Waals surface area contributed by atoms with Crippen LogP contribution in [-0.4, -0.2) is 31.2 Å². The Morgan fingerprint density at radius 2 is 1.78 bits per heavy atom. The van der Waals surface area contributed by atoms with E-state index in [4.69, 9.17) is 9.72 Å². The molecule has 5 nitrogen and oxygen atoms in total. The number of aromatic nitrogens is 2. The summed E-state index contributed by atoms with van der Waals surface area (Å²) in [5.74, 6) is 2.56. The van der Waals surface area contributed by atoms with Crippen LogP contribution in [0.4, 0.5) is 17.5 Å². The van der Waals surface area contributed by atoms with Crippen LogP contribution in [0.3, 0.4) is 0 Å². The van der Waals surface area contributed by atoms with E-state index >= 15 is 0 Å². The van der Waals surface area contributed by atoms with E-state index in [0.29, 0.717) is 5.95 Å². The van der Waals surface area contributed by atoms with Crippen LogP contribution in [0.1, 0.15) is 30.5 Å². The Balaban J connectivity index is 2.02. The third-order valence-corrected chi connectivity index (χ3v) is 4.41. The molecule has 0 spiro atoms. The first kappa shape index (κ1) is 15.6. The summed E-state index contributed by atoms with van der Waals surface area (Å²) in [6, 6.07) is 8.07. The zero-order valence-corrected chi connectivity index (χ0v) is 14.1. The molecule has 1 N–H and O–H groups in total. The molecule has 0 saturated heterocycles. The number of methoxy groups -OCH3 is 1. The fraction of sp³-hybridized carbons (Fsp3) is 0.444. The second-order valence-corrected chi connectivity index (χ2v) is 5.86. The zero-order valence-electron chi connectivity index (χ0n) is 14.1. The van der Waals surface area contributed by atoms with Gasteiger partial charge in [-0.05, 0) is 49.9 Å². The number of fused-ring (bicyclic) bond motifs is 1. The van der Waals surface area contributed by atoms with E-state index in [1.807, 2.05) is 19.2 Å². The van der Waals surface area contributed by atoms with Gasteiger partial charge in [0.15, 0.2) is 0 Å². The van der Waals surface area contributed by atoms with E-state index in [1.54, 1.807) is 7.11 Å². The summed E-state index contributed by atoms with van der Waals surface area (Å²) in [5, 5.41) is 3.09. The van der Waals surface area contributed by atoms with Gasteiger partial charge < -0.3 is 15.0 Å². The van der Waals surface area contributed by atoms with Crippen LogP contribution in [0.25, 0.3) is 0 Å². The minimum absolute atomic E-state index is 0.695. The first-order valence-corrected chi connectivity index (χ1v) is 8.18. The van der Waals surface area contributed by atoms with Crippen molar-refractivity contribution >= 4 is 17.5 Å². The summed E-state index contributed by atoms with van der Waals surface area (Å²) in [6.45, 7) is 0. The Kier molecular flexibility index (Phi) is 4.65. The minimum Gasteiger partial charge on any atom is -0.497 e. The Hall–Kier alpha value is -2.30. The van der Waals surface area contributed by atoms with Crippen LogP contribution in [0.5, 0.6) is 5.75 Å². The van der Waals surface area contributed by atoms with E-state index in [1.165, 1.54) is 30.5 Å². The number of nitrogens with zero attached hydrogens (tertiary/aromatic N) is 3. The third kappa shape index (κ3) is 3.23. The van der Waals surface area contributed by atoms with Gasteiger partial charge in [-0.25, -0.2) is 4.98 Å². The quantitative estimate of drug-likeness (QED) is 0.875. The van der Waals surface area contributed by atoms with Gasteiger partial charge in [0.1, 0.15) is 11.6 Å². The highest BCUT2D eigenvalue weighted by Gasteiger charge is 2.19. The van der Waals surface area contributed by atoms with E-state index in [-0.39, 0.29) is 0 Å². The van der Waals surface area contributed by atoms with Gasteiger partial charge in [-0.15, -0.1) is 0 Å². The molecule has 1 aromatic carbocycles. The first-order chi connectivity index (χ1) is 11.2. The van der Waals surface area contributed by atoms with Gasteiger partial charge in [0.05, 0.1) is 12.8 Å². The van der Waals surface area contributed by atoms with Gasteiger partial charge in [0.2, 0.25) is 5.95 Å². The molecule has 0 amide bonds. The summed E-state index contributed by atoms with van der Waals surface area (Å²) in [4.78, 5) is 11.6. The van der Waals surface area contributed by atoms with Crippen molar-refractivity contribution in [3.63, 3.8) is 0 Å². The van der Waals surface area contributed by atoms with Crippen molar-refractivity contribution in [3.8, 4) is 5.75 Å². The largest absolute Gasteiger partial charge is 0.497 e. The van der Waals surface area contributed by atoms with Crippen LogP contribution >= 0.6 is 0 Å². The normalized spacial score (nSPS) is 13.9. The Morgan fingerprint density at radius 1 is 1.04 bits per heavy atom. The van der Waals surface area contributed by atoms with E-state index in [2.05, 4.69) is 34.4 Å². The lowest BCUT2D eigenvalue weighted by Crippen LogP contribution is -2.17. The molecule has 2 aromatic rings. The van der Waals surface area contributed by atoms with Crippen LogP contribution in [0.2, 0.25) is 0 Å². The SMILES string of the molecule is CNc1nc2c(c(N(C)c3ccc(OC)cc3)n1)CCCCC2. The maximum Gasteiger partial charge on any atom is 0.224 e. The first-order valence-electron chi connectivity index (χ1n) is 8.18. The molecule has 0 radical (unpaired) electrons. The number of hydrogen-bond donors (Lipinski definition) is 1. The molecule has 1 heterocycles. The van der Waals surface area contributed by atoms with Crippen molar-refractivity contribution in [2.24, 2.45) is 0 Å². The van der Waals surface area contributed by atoms with Crippen LogP contribution in [0.15, 0.2) is 24.3 Å². The van der Waals surface area contributed by atoms with Gasteiger partial charge >= 0.3 is 0 Å². The molecule has 1 aliphatic carbocycles. The molecule has 122 valence electrons. The van der Waals surface area contributed by atoms with Crippen molar-refractivity contribution in [1.29, 1.82) is 0 Å². The molecule has 0 saturated carbocycles. The molecule has 0 fully saturated rings. The molecule has 3 rings (SSSR count). The molecule has 1 aromatic heterocycles. The maximum atomic E-state index is 5.24. The van der Waals surface area contributed by atoms with Gasteiger partial charge in [-0.1, -0.05) is 6.42 Å². The average molecular weight is 312 g/mol. The fourth-order valence-electron chi connectivity index (χ4n) is 3.07. The smallest absolute Gasteiger partial charge is 0.224 e. The van der Waals surface area contributed by atoms with Gasteiger partial charge in [0, 0.05) is 25.3 Å². The van der Waals surface area contributed by atoms with E-state index in [9.17, 15) is 0 Å². The predicted molar refractivity (Wildman–Crippen MR) is 93.9 cm³/mol. The summed E-state index contributed by atoms with van der Waals surface area (Å²) in [7, 11) is 5.62. The van der Waals surface area contributed by atoms with Gasteiger partial charge in [-0.3, -0.25) is 0 Å². The highest BCUT2D eigenvalue weighted by atomic mass is 16.5. The summed E-state index contributed by atoms with van der Waals surface area (Å²) in [6.07, 6.45) is 5.76. The maximum absolute atomic E-state index is 5.24. The van der Waals surface area contributed by atoms with Crippen LogP contribution < -0.4 is 15.0 Å². The summed E-state index contributed by atoms with van der Waals surface area (Å²) < 4.78 is 5.24. The lowest BCUT2D eigenvalue weighted by molar-refractivity contribution is 0.415. The Bertz CT molecular complexity index is 669. The molecular weight excluding hydrogens is 288 g/mol. The Morgan fingerprint density at radius 3 is 2.48 bits per heavy atom. The number of anilines is 3. The number of hydrogen-bond acceptors (Lipinski definition) is 5. The molecule has 0 bridgehead atoms. The summed E-state index contributed by atoms with van der Waals surface area (Å²) >= 11 is 0. The van der Waals surface area contributed by atoms with Crippen molar-refractivity contribution < 1.29 is 4.74 Å². The number of ether oxygens (including phenoxy) is 1. The van der Waals surface area contributed by atoms with Crippen molar-refractivity contribution in [2.75, 3.05) is 31.4 Å². The van der Waals surface area contributed by atoms with Crippen LogP contribution in [-0.2, 0) is 12.8 Å². The highest BCUT2D eigenvalue weighted by Crippen LogP contribution is 2.32. The van der Waals surface area contributed by atoms with Crippen molar-refractivity contribution in [2.45, 2.75) is 32.1 Å². The third-order valence-electron chi connectivity index (χ3n) is 4.41. The van der Waals surface area contributed by atoms with E-state index < -0.39 is 0 Å². The average Bonchev–Trinajstić information content (AvgIpc) is 2.85. The molecule has 23 heavy (non-hydrogen) atoms. The monoisotopic (exact) mass is 312 g/mol. The number of nitrogens with one attached hydrogen (secondary N) is 1. The zero-order chi connectivity index (χ0) is 16.2. The van der Waals surface area contributed by atoms with Crippen molar-refractivity contribution in [1.82, 2.24) is 9.97 Å². The highest BCUT2D eigenvalue weighted by molar-refractivity contribution is 5.65. The second-order valence-electron chi connectivity index (χ2n) is 5.86. The second kappa shape index (κ2) is 6.86. The molecule has 5 heteroatoms. The van der Waals surface area contributed by atoms with Gasteiger partial charge in [0.25, 0.3) is 0 Å².